The van der Waals surface area contributed by atoms with Crippen molar-refractivity contribution in [3.05, 3.63) is 65.1 Å². The molecule has 0 unspecified atom stereocenters. The third-order valence-corrected chi connectivity index (χ3v) is 6.25. The molecule has 222 valence electrons. The lowest BCUT2D eigenvalue weighted by Gasteiger charge is -2.39. The van der Waals surface area contributed by atoms with Crippen LogP contribution in [0, 0.1) is 0 Å². The van der Waals surface area contributed by atoms with Crippen LogP contribution >= 0.6 is 11.6 Å². The van der Waals surface area contributed by atoms with Crippen molar-refractivity contribution in [1.82, 2.24) is 14.8 Å². The summed E-state index contributed by atoms with van der Waals surface area (Å²) in [7, 11) is 1.55. The average Bonchev–Trinajstić information content (AvgIpc) is 3.36. The Balaban J connectivity index is 1.66. The zero-order chi connectivity index (χ0) is 30.4. The summed E-state index contributed by atoms with van der Waals surface area (Å²) in [5.41, 5.74) is 1.89. The third-order valence-electron chi connectivity index (χ3n) is 6.02. The Morgan fingerprint density at radius 3 is 2.19 bits per heavy atom. The van der Waals surface area contributed by atoms with Crippen LogP contribution in [0.1, 0.15) is 36.8 Å². The van der Waals surface area contributed by atoms with E-state index in [1.807, 2.05) is 0 Å². The Hall–Kier alpha value is -4.49. The molecule has 3 heterocycles. The minimum absolute atomic E-state index is 0.0343. The lowest BCUT2D eigenvalue weighted by Crippen LogP contribution is -2.58. The fourth-order valence-electron chi connectivity index (χ4n) is 4.25. The van der Waals surface area contributed by atoms with E-state index in [2.05, 4.69) is 10.1 Å². The third kappa shape index (κ3) is 7.62. The molecule has 1 aliphatic heterocycles. The highest BCUT2D eigenvalue weighted by Crippen LogP contribution is 2.28. The Bertz CT molecular complexity index is 1440. The summed E-state index contributed by atoms with van der Waals surface area (Å²) in [6, 6.07) is 11.9. The highest BCUT2D eigenvalue weighted by Gasteiger charge is 2.49. The number of hydrogen-bond donors (Lipinski definition) is 0. The number of ether oxygens (including phenoxy) is 6. The van der Waals surface area contributed by atoms with Crippen LogP contribution in [0.5, 0.6) is 5.75 Å². The Morgan fingerprint density at radius 1 is 0.929 bits per heavy atom. The molecule has 1 aromatic carbocycles. The van der Waals surface area contributed by atoms with E-state index in [1.165, 1.54) is 10.7 Å². The molecule has 13 nitrogen and oxygen atoms in total. The molecular weight excluding hydrogens is 574 g/mol. The molecule has 1 fully saturated rings. The maximum Gasteiger partial charge on any atom is 0.359 e. The van der Waals surface area contributed by atoms with Gasteiger partial charge in [0.2, 0.25) is 12.4 Å². The predicted molar refractivity (Wildman–Crippen MR) is 144 cm³/mol. The SMILES string of the molecule is COc1ccc(-c2cc(C(=O)O[C@@H]3OC[C@@H](OC(C)=O)[C@H](OC(C)=O)[C@H]3OC(C)=O)n(Cc3ccc(Cl)nc3)n2)cc1. The molecule has 0 radical (unpaired) electrons. The quantitative estimate of drug-likeness (QED) is 0.201. The van der Waals surface area contributed by atoms with Gasteiger partial charge < -0.3 is 28.4 Å². The number of nitrogens with zero attached hydrogens (tertiary/aromatic N) is 3. The van der Waals surface area contributed by atoms with Gasteiger partial charge in [0.15, 0.2) is 12.2 Å². The standard InChI is InChI=1S/C28H28ClN3O10/c1-15(33)39-23-14-38-28(26(41-17(3)35)25(23)40-16(2)34)42-27(36)22-11-21(19-6-8-20(37-4)9-7-19)31-32(22)13-18-5-10-24(29)30-12-18/h5-12,23,25-26,28H,13-14H2,1-4H3/t23-,25+,26-,28+/m1/s1. The lowest BCUT2D eigenvalue weighted by atomic mass is 10.0. The highest BCUT2D eigenvalue weighted by molar-refractivity contribution is 6.29. The second-order valence-electron chi connectivity index (χ2n) is 9.19. The van der Waals surface area contributed by atoms with Gasteiger partial charge in [-0.05, 0) is 42.0 Å². The molecule has 0 spiro atoms. The summed E-state index contributed by atoms with van der Waals surface area (Å²) in [4.78, 5) is 53.1. The molecule has 0 amide bonds. The van der Waals surface area contributed by atoms with Gasteiger partial charge in [-0.3, -0.25) is 19.1 Å². The number of carbonyl (C=O) groups is 4. The highest BCUT2D eigenvalue weighted by atomic mass is 35.5. The summed E-state index contributed by atoms with van der Waals surface area (Å²) in [6.45, 7) is 3.25. The minimum atomic E-state index is -1.51. The van der Waals surface area contributed by atoms with E-state index in [-0.39, 0.29) is 18.8 Å². The van der Waals surface area contributed by atoms with E-state index in [9.17, 15) is 19.2 Å². The number of hydrogen-bond acceptors (Lipinski definition) is 12. The number of esters is 4. The number of methoxy groups -OCH3 is 1. The number of halogens is 1. The van der Waals surface area contributed by atoms with Crippen LogP contribution in [-0.4, -0.2) is 77.0 Å². The molecule has 2 aromatic heterocycles. The average molecular weight is 602 g/mol. The van der Waals surface area contributed by atoms with Gasteiger partial charge in [-0.15, -0.1) is 0 Å². The molecule has 1 saturated heterocycles. The van der Waals surface area contributed by atoms with E-state index in [1.54, 1.807) is 49.7 Å². The van der Waals surface area contributed by atoms with Crippen molar-refractivity contribution in [2.24, 2.45) is 0 Å². The molecule has 42 heavy (non-hydrogen) atoms. The van der Waals surface area contributed by atoms with E-state index < -0.39 is 48.5 Å². The van der Waals surface area contributed by atoms with Gasteiger partial charge in [0.25, 0.3) is 0 Å². The Morgan fingerprint density at radius 2 is 1.60 bits per heavy atom. The number of benzene rings is 1. The molecule has 14 heteroatoms. The monoisotopic (exact) mass is 601 g/mol. The molecule has 3 aromatic rings. The number of carbonyl (C=O) groups excluding carboxylic acids is 4. The van der Waals surface area contributed by atoms with Crippen molar-refractivity contribution >= 4 is 35.5 Å². The number of rotatable bonds is 9. The maximum absolute atomic E-state index is 13.6. The van der Waals surface area contributed by atoms with Gasteiger partial charge in [0.1, 0.15) is 16.6 Å². The molecule has 4 atom stereocenters. The van der Waals surface area contributed by atoms with E-state index in [0.29, 0.717) is 27.7 Å². The van der Waals surface area contributed by atoms with Crippen LogP contribution in [0.3, 0.4) is 0 Å². The van der Waals surface area contributed by atoms with Crippen molar-refractivity contribution in [3.63, 3.8) is 0 Å². The number of pyridine rings is 1. The fourth-order valence-corrected chi connectivity index (χ4v) is 4.37. The smallest absolute Gasteiger partial charge is 0.359 e. The van der Waals surface area contributed by atoms with Crippen LogP contribution in [-0.2, 0) is 44.6 Å². The molecule has 0 saturated carbocycles. The molecule has 4 rings (SSSR count). The number of aromatic nitrogens is 3. The van der Waals surface area contributed by atoms with Crippen LogP contribution in [0.4, 0.5) is 0 Å². The largest absolute Gasteiger partial charge is 0.497 e. The predicted octanol–water partition coefficient (Wildman–Crippen LogP) is 2.96. The van der Waals surface area contributed by atoms with Crippen molar-refractivity contribution in [1.29, 1.82) is 0 Å². The minimum Gasteiger partial charge on any atom is -0.497 e. The first kappa shape index (κ1) is 30.5. The molecule has 1 aliphatic rings. The van der Waals surface area contributed by atoms with Crippen LogP contribution < -0.4 is 4.74 Å². The molecular formula is C28H28ClN3O10. The van der Waals surface area contributed by atoms with E-state index in [0.717, 1.165) is 20.8 Å². The van der Waals surface area contributed by atoms with Gasteiger partial charge >= 0.3 is 23.9 Å². The zero-order valence-corrected chi connectivity index (χ0v) is 23.9. The topological polar surface area (TPSA) is 154 Å². The van der Waals surface area contributed by atoms with Gasteiger partial charge in [-0.1, -0.05) is 17.7 Å². The second kappa shape index (κ2) is 13.4. The van der Waals surface area contributed by atoms with Gasteiger partial charge in [0.05, 0.1) is 26.0 Å². The summed E-state index contributed by atoms with van der Waals surface area (Å²) in [6.07, 6.45) is -3.82. The maximum atomic E-state index is 13.6. The summed E-state index contributed by atoms with van der Waals surface area (Å²) in [5.74, 6) is -2.42. The van der Waals surface area contributed by atoms with Crippen molar-refractivity contribution in [2.75, 3.05) is 13.7 Å². The summed E-state index contributed by atoms with van der Waals surface area (Å²) < 4.78 is 33.8. The molecule has 0 aliphatic carbocycles. The van der Waals surface area contributed by atoms with Crippen molar-refractivity contribution in [3.8, 4) is 17.0 Å². The zero-order valence-electron chi connectivity index (χ0n) is 23.1. The first-order valence-corrected chi connectivity index (χ1v) is 13.1. The van der Waals surface area contributed by atoms with Crippen molar-refractivity contribution in [2.45, 2.75) is 51.9 Å². The Labute approximate surface area is 245 Å². The summed E-state index contributed by atoms with van der Waals surface area (Å²) in [5, 5.41) is 4.90. The van der Waals surface area contributed by atoms with Crippen LogP contribution in [0.2, 0.25) is 5.15 Å². The van der Waals surface area contributed by atoms with Crippen LogP contribution in [0.25, 0.3) is 11.3 Å². The van der Waals surface area contributed by atoms with E-state index in [4.69, 9.17) is 40.0 Å². The first-order valence-electron chi connectivity index (χ1n) is 12.7. The van der Waals surface area contributed by atoms with Crippen molar-refractivity contribution < 1.29 is 47.6 Å². The normalized spacial score (nSPS) is 19.8. The fraction of sp³-hybridized carbons (Fsp3) is 0.357. The van der Waals surface area contributed by atoms with E-state index >= 15 is 0 Å². The van der Waals surface area contributed by atoms with Gasteiger partial charge in [-0.2, -0.15) is 5.10 Å². The Kier molecular flexibility index (Phi) is 9.76. The molecule has 0 bridgehead atoms. The lowest BCUT2D eigenvalue weighted by molar-refractivity contribution is -0.266. The molecule has 0 N–H and O–H groups in total. The summed E-state index contributed by atoms with van der Waals surface area (Å²) >= 11 is 5.92. The van der Waals surface area contributed by atoms with Gasteiger partial charge in [0, 0.05) is 32.5 Å². The first-order chi connectivity index (χ1) is 20.0. The van der Waals surface area contributed by atoms with Crippen LogP contribution in [0.15, 0.2) is 48.7 Å². The van der Waals surface area contributed by atoms with Gasteiger partial charge in [-0.25, -0.2) is 9.78 Å². The second-order valence-corrected chi connectivity index (χ2v) is 9.58.